The van der Waals surface area contributed by atoms with Crippen LogP contribution in [-0.2, 0) is 4.79 Å². The van der Waals surface area contributed by atoms with Crippen LogP contribution in [0.15, 0.2) is 42.5 Å². The van der Waals surface area contributed by atoms with E-state index < -0.39 is 4.92 Å². The van der Waals surface area contributed by atoms with Gasteiger partial charge in [-0.15, -0.1) is 0 Å². The summed E-state index contributed by atoms with van der Waals surface area (Å²) in [6, 6.07) is 11.1. The van der Waals surface area contributed by atoms with Crippen molar-refractivity contribution in [1.82, 2.24) is 4.90 Å². The Morgan fingerprint density at radius 3 is 2.28 bits per heavy atom. The minimum absolute atomic E-state index is 0.0198. The summed E-state index contributed by atoms with van der Waals surface area (Å²) in [4.78, 5) is 48.2. The highest BCUT2D eigenvalue weighted by atomic mass is 16.6. The van der Waals surface area contributed by atoms with E-state index in [-0.39, 0.29) is 23.4 Å². The highest BCUT2D eigenvalue weighted by Crippen LogP contribution is 2.23. The Labute approximate surface area is 167 Å². The zero-order chi connectivity index (χ0) is 21.0. The van der Waals surface area contributed by atoms with Gasteiger partial charge < -0.3 is 5.32 Å². The molecule has 29 heavy (non-hydrogen) atoms. The molecule has 0 fully saturated rings. The summed E-state index contributed by atoms with van der Waals surface area (Å²) in [5.41, 5.74) is 2.03. The van der Waals surface area contributed by atoms with Crippen molar-refractivity contribution in [2.45, 2.75) is 32.6 Å². The van der Waals surface area contributed by atoms with Crippen molar-refractivity contribution in [3.05, 3.63) is 69.3 Å². The first-order chi connectivity index (χ1) is 13.9. The standard InChI is InChI=1S/C21H21N3O5/c1-14-13-15(24(28)29)10-11-18(14)22-19(25)9-3-2-6-12-23-20(26)16-7-4-5-8-17(16)21(23)27/h4-5,7-8,10-11,13H,2-3,6,9,12H2,1H3,(H,22,25). The summed E-state index contributed by atoms with van der Waals surface area (Å²) < 4.78 is 0. The number of aryl methyl sites for hydroxylation is 1. The van der Waals surface area contributed by atoms with Gasteiger partial charge in [-0.25, -0.2) is 0 Å². The van der Waals surface area contributed by atoms with E-state index in [1.807, 2.05) is 0 Å². The van der Waals surface area contributed by atoms with Crippen LogP contribution in [0.5, 0.6) is 0 Å². The Balaban J connectivity index is 1.41. The largest absolute Gasteiger partial charge is 0.326 e. The average Bonchev–Trinajstić information content (AvgIpc) is 2.94. The minimum atomic E-state index is -0.479. The fourth-order valence-corrected chi connectivity index (χ4v) is 3.29. The molecule has 2 aromatic carbocycles. The molecular weight excluding hydrogens is 374 g/mol. The van der Waals surface area contributed by atoms with Crippen LogP contribution in [0.2, 0.25) is 0 Å². The molecule has 3 rings (SSSR count). The number of carbonyl (C=O) groups is 3. The fourth-order valence-electron chi connectivity index (χ4n) is 3.29. The molecule has 1 N–H and O–H groups in total. The normalized spacial score (nSPS) is 12.8. The second-order valence-electron chi connectivity index (χ2n) is 6.92. The van der Waals surface area contributed by atoms with Gasteiger partial charge in [0.25, 0.3) is 17.5 Å². The smallest absolute Gasteiger partial charge is 0.269 e. The molecule has 0 spiro atoms. The van der Waals surface area contributed by atoms with Crippen molar-refractivity contribution in [3.8, 4) is 0 Å². The maximum Gasteiger partial charge on any atom is 0.269 e. The molecule has 1 aliphatic heterocycles. The predicted molar refractivity (Wildman–Crippen MR) is 107 cm³/mol. The Bertz CT molecular complexity index is 951. The van der Waals surface area contributed by atoms with Crippen molar-refractivity contribution < 1.29 is 19.3 Å². The Kier molecular flexibility index (Phi) is 6.01. The van der Waals surface area contributed by atoms with Gasteiger partial charge in [-0.2, -0.15) is 0 Å². The number of nitrogens with zero attached hydrogens (tertiary/aromatic N) is 2. The van der Waals surface area contributed by atoms with Gasteiger partial charge in [0.15, 0.2) is 0 Å². The van der Waals surface area contributed by atoms with Crippen LogP contribution in [0.3, 0.4) is 0 Å². The number of nitrogens with one attached hydrogen (secondary N) is 1. The van der Waals surface area contributed by atoms with Crippen molar-refractivity contribution >= 4 is 29.1 Å². The molecule has 0 unspecified atom stereocenters. The number of carbonyl (C=O) groups excluding carboxylic acids is 3. The highest BCUT2D eigenvalue weighted by molar-refractivity contribution is 6.21. The van der Waals surface area contributed by atoms with Crippen LogP contribution in [0.25, 0.3) is 0 Å². The maximum atomic E-state index is 12.3. The summed E-state index contributed by atoms with van der Waals surface area (Å²) >= 11 is 0. The molecule has 8 nitrogen and oxygen atoms in total. The monoisotopic (exact) mass is 395 g/mol. The quantitative estimate of drug-likeness (QED) is 0.317. The Morgan fingerprint density at radius 1 is 1.03 bits per heavy atom. The number of amides is 3. The molecule has 0 bridgehead atoms. The number of non-ortho nitro benzene ring substituents is 1. The van der Waals surface area contributed by atoms with E-state index in [1.54, 1.807) is 31.2 Å². The van der Waals surface area contributed by atoms with Crippen molar-refractivity contribution in [1.29, 1.82) is 0 Å². The zero-order valence-electron chi connectivity index (χ0n) is 16.0. The lowest BCUT2D eigenvalue weighted by Gasteiger charge is -2.13. The number of anilines is 1. The number of hydrogen-bond acceptors (Lipinski definition) is 5. The number of unbranched alkanes of at least 4 members (excludes halogenated alkanes) is 2. The van der Waals surface area contributed by atoms with Gasteiger partial charge >= 0.3 is 0 Å². The molecule has 1 heterocycles. The van der Waals surface area contributed by atoms with E-state index in [9.17, 15) is 24.5 Å². The molecule has 150 valence electrons. The molecule has 0 aliphatic carbocycles. The summed E-state index contributed by atoms with van der Waals surface area (Å²) in [6.07, 6.45) is 2.22. The van der Waals surface area contributed by atoms with Crippen molar-refractivity contribution in [2.75, 3.05) is 11.9 Å². The van der Waals surface area contributed by atoms with E-state index >= 15 is 0 Å². The van der Waals surface area contributed by atoms with Crippen LogP contribution >= 0.6 is 0 Å². The Morgan fingerprint density at radius 2 is 1.69 bits per heavy atom. The number of nitro benzene ring substituents is 1. The number of nitro groups is 1. The van der Waals surface area contributed by atoms with Gasteiger partial charge in [0.2, 0.25) is 5.91 Å². The number of rotatable bonds is 8. The topological polar surface area (TPSA) is 110 Å². The zero-order valence-corrected chi connectivity index (χ0v) is 16.0. The van der Waals surface area contributed by atoms with E-state index in [1.165, 1.54) is 23.1 Å². The SMILES string of the molecule is Cc1cc([N+](=O)[O-])ccc1NC(=O)CCCCCN1C(=O)c2ccccc2C1=O. The number of benzene rings is 2. The van der Waals surface area contributed by atoms with E-state index in [2.05, 4.69) is 5.32 Å². The second-order valence-corrected chi connectivity index (χ2v) is 6.92. The molecule has 0 saturated carbocycles. The summed E-state index contributed by atoms with van der Waals surface area (Å²) in [7, 11) is 0. The lowest BCUT2D eigenvalue weighted by atomic mass is 10.1. The summed E-state index contributed by atoms with van der Waals surface area (Å²) in [5, 5.41) is 13.5. The highest BCUT2D eigenvalue weighted by Gasteiger charge is 2.34. The van der Waals surface area contributed by atoms with Gasteiger partial charge in [-0.3, -0.25) is 29.4 Å². The van der Waals surface area contributed by atoms with Gasteiger partial charge in [0.05, 0.1) is 16.1 Å². The van der Waals surface area contributed by atoms with Crippen LogP contribution in [0.1, 0.15) is 52.0 Å². The van der Waals surface area contributed by atoms with Crippen LogP contribution < -0.4 is 5.32 Å². The molecule has 0 radical (unpaired) electrons. The molecule has 0 atom stereocenters. The third-order valence-corrected chi connectivity index (χ3v) is 4.86. The van der Waals surface area contributed by atoms with Crippen LogP contribution in [-0.4, -0.2) is 34.1 Å². The minimum Gasteiger partial charge on any atom is -0.326 e. The van der Waals surface area contributed by atoms with Crippen LogP contribution in [0.4, 0.5) is 11.4 Å². The summed E-state index contributed by atoms with van der Waals surface area (Å²) in [6.45, 7) is 2.03. The predicted octanol–water partition coefficient (Wildman–Crippen LogP) is 3.70. The van der Waals surface area contributed by atoms with Crippen molar-refractivity contribution in [2.24, 2.45) is 0 Å². The first-order valence-electron chi connectivity index (χ1n) is 9.38. The summed E-state index contributed by atoms with van der Waals surface area (Å²) in [5.74, 6) is -0.711. The number of hydrogen-bond donors (Lipinski definition) is 1. The Hall–Kier alpha value is -3.55. The molecule has 0 aromatic heterocycles. The lowest BCUT2D eigenvalue weighted by molar-refractivity contribution is -0.384. The lowest BCUT2D eigenvalue weighted by Crippen LogP contribution is -2.30. The van der Waals surface area contributed by atoms with Gasteiger partial charge in [0, 0.05) is 30.8 Å². The van der Waals surface area contributed by atoms with Gasteiger partial charge in [0.1, 0.15) is 0 Å². The van der Waals surface area contributed by atoms with E-state index in [0.717, 1.165) is 0 Å². The fraction of sp³-hybridized carbons (Fsp3) is 0.286. The van der Waals surface area contributed by atoms with Gasteiger partial charge in [-0.1, -0.05) is 18.6 Å². The molecular formula is C21H21N3O5. The average molecular weight is 395 g/mol. The number of imide groups is 1. The number of fused-ring (bicyclic) bond motifs is 1. The maximum absolute atomic E-state index is 12.3. The first-order valence-corrected chi connectivity index (χ1v) is 9.38. The van der Waals surface area contributed by atoms with Gasteiger partial charge in [-0.05, 0) is 43.5 Å². The molecule has 2 aromatic rings. The molecule has 1 aliphatic rings. The first kappa shape index (κ1) is 20.2. The molecule has 0 saturated heterocycles. The van der Waals surface area contributed by atoms with E-state index in [4.69, 9.17) is 0 Å². The molecule has 3 amide bonds. The van der Waals surface area contributed by atoms with Crippen LogP contribution in [0, 0.1) is 17.0 Å². The second kappa shape index (κ2) is 8.64. The van der Waals surface area contributed by atoms with E-state index in [0.29, 0.717) is 54.6 Å². The third kappa shape index (κ3) is 4.48. The van der Waals surface area contributed by atoms with Crippen molar-refractivity contribution in [3.63, 3.8) is 0 Å². The molecule has 8 heteroatoms. The third-order valence-electron chi connectivity index (χ3n) is 4.86.